The number of hydrogen-bond acceptors (Lipinski definition) is 2. The van der Waals surface area contributed by atoms with Crippen LogP contribution in [0.2, 0.25) is 0 Å². The molecule has 0 aliphatic rings. The average molecular weight is 382 g/mol. The van der Waals surface area contributed by atoms with Gasteiger partial charge in [0.15, 0.2) is 0 Å². The van der Waals surface area contributed by atoms with Crippen molar-refractivity contribution in [3.63, 3.8) is 0 Å². The minimum Gasteiger partial charge on any atom is -0.389 e. The van der Waals surface area contributed by atoms with E-state index in [1.165, 1.54) is 66.8 Å². The van der Waals surface area contributed by atoms with Gasteiger partial charge in [0.2, 0.25) is 0 Å². The zero-order valence-electron chi connectivity index (χ0n) is 17.3. The van der Waals surface area contributed by atoms with Crippen molar-refractivity contribution in [1.82, 2.24) is 4.57 Å². The van der Waals surface area contributed by atoms with Gasteiger partial charge >= 0.3 is 0 Å². The van der Waals surface area contributed by atoms with E-state index in [4.69, 9.17) is 4.74 Å². The molecule has 0 saturated heterocycles. The van der Waals surface area contributed by atoms with Gasteiger partial charge in [0.05, 0.1) is 19.3 Å². The van der Waals surface area contributed by atoms with Crippen LogP contribution in [0, 0.1) is 0 Å². The molecule has 28 heavy (non-hydrogen) atoms. The van der Waals surface area contributed by atoms with Crippen molar-refractivity contribution in [2.75, 3.05) is 13.2 Å². The molecule has 1 heterocycles. The second kappa shape index (κ2) is 11.2. The molecule has 1 atom stereocenters. The fraction of sp³-hybridized carbons (Fsp3) is 0.520. The maximum absolute atomic E-state index is 10.5. The van der Waals surface area contributed by atoms with Gasteiger partial charge in [0, 0.05) is 28.4 Å². The van der Waals surface area contributed by atoms with Crippen molar-refractivity contribution < 1.29 is 9.84 Å². The van der Waals surface area contributed by atoms with Crippen LogP contribution in [0.3, 0.4) is 0 Å². The lowest BCUT2D eigenvalue weighted by Crippen LogP contribution is -2.22. The van der Waals surface area contributed by atoms with E-state index in [0.717, 1.165) is 13.0 Å². The molecule has 0 saturated carbocycles. The number of rotatable bonds is 13. The van der Waals surface area contributed by atoms with Crippen molar-refractivity contribution in [1.29, 1.82) is 0 Å². The van der Waals surface area contributed by atoms with Crippen LogP contribution in [0.25, 0.3) is 21.8 Å². The van der Waals surface area contributed by atoms with E-state index in [1.54, 1.807) is 0 Å². The maximum atomic E-state index is 10.5. The molecule has 3 rings (SSSR count). The predicted molar refractivity (Wildman–Crippen MR) is 119 cm³/mol. The Morgan fingerprint density at radius 3 is 1.93 bits per heavy atom. The molecule has 3 nitrogen and oxygen atoms in total. The van der Waals surface area contributed by atoms with Crippen LogP contribution in [0.4, 0.5) is 0 Å². The fourth-order valence-corrected chi connectivity index (χ4v) is 4.02. The van der Waals surface area contributed by atoms with Gasteiger partial charge in [0.25, 0.3) is 0 Å². The van der Waals surface area contributed by atoms with Gasteiger partial charge < -0.3 is 14.4 Å². The number of aliphatic hydroxyl groups is 1. The van der Waals surface area contributed by atoms with Crippen LogP contribution in [0.5, 0.6) is 0 Å². The zero-order chi connectivity index (χ0) is 19.6. The quantitative estimate of drug-likeness (QED) is 0.352. The number of ether oxygens (including phenoxy) is 1. The van der Waals surface area contributed by atoms with Gasteiger partial charge in [-0.25, -0.2) is 0 Å². The van der Waals surface area contributed by atoms with Gasteiger partial charge in [-0.2, -0.15) is 0 Å². The van der Waals surface area contributed by atoms with Crippen LogP contribution < -0.4 is 0 Å². The minimum absolute atomic E-state index is 0.400. The van der Waals surface area contributed by atoms with Gasteiger partial charge in [-0.05, 0) is 18.6 Å². The Balaban J connectivity index is 1.42. The number of aliphatic hydroxyl groups excluding tert-OH is 1. The first-order valence-electron chi connectivity index (χ1n) is 11.0. The standard InChI is InChI=1S/C25H35NO2/c1-2-3-4-5-6-7-8-13-18-28-20-21(27)19-26-24-16-11-9-14-22(24)23-15-10-12-17-25(23)26/h9-12,14-17,21,27H,2-8,13,18-20H2,1H3/t21-/m1/s1. The van der Waals surface area contributed by atoms with Crippen molar-refractivity contribution >= 4 is 21.8 Å². The molecule has 1 N–H and O–H groups in total. The van der Waals surface area contributed by atoms with Crippen molar-refractivity contribution in [2.45, 2.75) is 70.9 Å². The topological polar surface area (TPSA) is 34.4 Å². The highest BCUT2D eigenvalue weighted by atomic mass is 16.5. The van der Waals surface area contributed by atoms with Crippen LogP contribution in [0.15, 0.2) is 48.5 Å². The van der Waals surface area contributed by atoms with Gasteiger partial charge in [-0.1, -0.05) is 88.3 Å². The molecule has 0 spiro atoms. The first-order chi connectivity index (χ1) is 13.8. The summed E-state index contributed by atoms with van der Waals surface area (Å²) in [6.07, 6.45) is 9.90. The molecule has 0 aliphatic carbocycles. The molecule has 152 valence electrons. The maximum Gasteiger partial charge on any atom is 0.0952 e. The highest BCUT2D eigenvalue weighted by molar-refractivity contribution is 6.07. The van der Waals surface area contributed by atoms with Gasteiger partial charge in [0.1, 0.15) is 0 Å². The highest BCUT2D eigenvalue weighted by Crippen LogP contribution is 2.28. The number of unbranched alkanes of at least 4 members (excludes halogenated alkanes) is 7. The number of benzene rings is 2. The summed E-state index contributed by atoms with van der Waals surface area (Å²) in [7, 11) is 0. The number of nitrogens with zero attached hydrogens (tertiary/aromatic N) is 1. The lowest BCUT2D eigenvalue weighted by atomic mass is 10.1. The summed E-state index contributed by atoms with van der Waals surface area (Å²) in [4.78, 5) is 0. The second-order valence-corrected chi connectivity index (χ2v) is 7.85. The van der Waals surface area contributed by atoms with Gasteiger partial charge in [-0.15, -0.1) is 0 Å². The Kier molecular flexibility index (Phi) is 8.38. The van der Waals surface area contributed by atoms with E-state index in [2.05, 4.69) is 60.0 Å². The lowest BCUT2D eigenvalue weighted by molar-refractivity contribution is 0.0278. The summed E-state index contributed by atoms with van der Waals surface area (Å²) in [5.74, 6) is 0. The Bertz CT molecular complexity index is 786. The molecule has 0 fully saturated rings. The van der Waals surface area contributed by atoms with E-state index in [9.17, 15) is 5.11 Å². The minimum atomic E-state index is -0.492. The number of aromatic nitrogens is 1. The van der Waals surface area contributed by atoms with Crippen LogP contribution in [-0.4, -0.2) is 29.0 Å². The molecule has 0 bridgehead atoms. The molecule has 1 aromatic heterocycles. The Hall–Kier alpha value is -1.84. The fourth-order valence-electron chi connectivity index (χ4n) is 4.02. The molecule has 3 heteroatoms. The summed E-state index contributed by atoms with van der Waals surface area (Å²) in [6, 6.07) is 16.8. The molecular formula is C25H35NO2. The first kappa shape index (κ1) is 20.9. The second-order valence-electron chi connectivity index (χ2n) is 7.85. The Morgan fingerprint density at radius 1 is 0.786 bits per heavy atom. The van der Waals surface area contributed by atoms with E-state index >= 15 is 0 Å². The smallest absolute Gasteiger partial charge is 0.0952 e. The summed E-state index contributed by atoms with van der Waals surface area (Å²) in [6.45, 7) is 3.97. The van der Waals surface area contributed by atoms with Crippen LogP contribution in [-0.2, 0) is 11.3 Å². The molecular weight excluding hydrogens is 346 g/mol. The van der Waals surface area contributed by atoms with Crippen LogP contribution >= 0.6 is 0 Å². The van der Waals surface area contributed by atoms with Crippen molar-refractivity contribution in [3.8, 4) is 0 Å². The van der Waals surface area contributed by atoms with E-state index in [-0.39, 0.29) is 0 Å². The summed E-state index contributed by atoms with van der Waals surface area (Å²) in [5.41, 5.74) is 2.34. The third kappa shape index (κ3) is 5.59. The first-order valence-corrected chi connectivity index (χ1v) is 11.0. The molecule has 0 aliphatic heterocycles. The summed E-state index contributed by atoms with van der Waals surface area (Å²) < 4.78 is 7.97. The largest absolute Gasteiger partial charge is 0.389 e. The van der Waals surface area contributed by atoms with E-state index in [1.807, 2.05) is 0 Å². The number of fused-ring (bicyclic) bond motifs is 3. The summed E-state index contributed by atoms with van der Waals surface area (Å²) in [5, 5.41) is 13.0. The SMILES string of the molecule is CCCCCCCCCCOC[C@H](O)Cn1c2ccccc2c2ccccc21. The zero-order valence-corrected chi connectivity index (χ0v) is 17.3. The Labute approximate surface area is 169 Å². The molecule has 2 aromatic carbocycles. The third-order valence-corrected chi connectivity index (χ3v) is 5.53. The monoisotopic (exact) mass is 381 g/mol. The number of hydrogen-bond donors (Lipinski definition) is 1. The third-order valence-electron chi connectivity index (χ3n) is 5.53. The van der Waals surface area contributed by atoms with Crippen molar-refractivity contribution in [3.05, 3.63) is 48.5 Å². The predicted octanol–water partition coefficient (Wildman–Crippen LogP) is 6.31. The van der Waals surface area contributed by atoms with Gasteiger partial charge in [-0.3, -0.25) is 0 Å². The molecule has 3 aromatic rings. The van der Waals surface area contributed by atoms with Crippen LogP contribution in [0.1, 0.15) is 58.3 Å². The van der Waals surface area contributed by atoms with E-state index < -0.39 is 6.10 Å². The molecule has 0 unspecified atom stereocenters. The normalized spacial score (nSPS) is 12.8. The summed E-state index contributed by atoms with van der Waals surface area (Å²) >= 11 is 0. The highest BCUT2D eigenvalue weighted by Gasteiger charge is 2.13. The Morgan fingerprint density at radius 2 is 1.32 bits per heavy atom. The number of para-hydroxylation sites is 2. The molecule has 0 amide bonds. The van der Waals surface area contributed by atoms with Crippen molar-refractivity contribution in [2.24, 2.45) is 0 Å². The molecule has 0 radical (unpaired) electrons. The average Bonchev–Trinajstić information content (AvgIpc) is 3.03. The lowest BCUT2D eigenvalue weighted by Gasteiger charge is -2.14. The van der Waals surface area contributed by atoms with E-state index in [0.29, 0.717) is 13.2 Å².